The summed E-state index contributed by atoms with van der Waals surface area (Å²) in [6.07, 6.45) is 0. The van der Waals surface area contributed by atoms with Crippen molar-refractivity contribution >= 4 is 12.6 Å². The minimum Gasteiger partial charge on any atom is -0.532 e. The predicted octanol–water partition coefficient (Wildman–Crippen LogP) is 3.12. The van der Waals surface area contributed by atoms with Crippen LogP contribution in [-0.4, -0.2) is 12.1 Å². The van der Waals surface area contributed by atoms with E-state index in [1.165, 1.54) is 0 Å². The average Bonchev–Trinajstić information content (AvgIpc) is 2.57. The summed E-state index contributed by atoms with van der Waals surface area (Å²) in [5, 5.41) is 10.1. The standard InChI is InChI=1S/C18H15BO2/c20-19(21-18-9-5-2-6-10-18)17-13-11-16(12-14-17)15-7-3-1-4-8-15/h1-14,20H. The van der Waals surface area contributed by atoms with Crippen molar-refractivity contribution in [1.29, 1.82) is 0 Å². The quantitative estimate of drug-likeness (QED) is 0.741. The Hall–Kier alpha value is -2.52. The minimum atomic E-state index is -0.961. The molecule has 2 nitrogen and oxygen atoms in total. The van der Waals surface area contributed by atoms with E-state index in [1.807, 2.05) is 72.8 Å². The Morgan fingerprint density at radius 2 is 1.14 bits per heavy atom. The van der Waals surface area contributed by atoms with E-state index < -0.39 is 7.12 Å². The molecule has 3 aromatic carbocycles. The zero-order chi connectivity index (χ0) is 14.5. The van der Waals surface area contributed by atoms with Gasteiger partial charge in [-0.15, -0.1) is 0 Å². The lowest BCUT2D eigenvalue weighted by molar-refractivity contribution is 0.433. The molecule has 0 bridgehead atoms. The monoisotopic (exact) mass is 274 g/mol. The van der Waals surface area contributed by atoms with E-state index in [2.05, 4.69) is 12.1 Å². The molecular formula is C18H15BO2. The van der Waals surface area contributed by atoms with Gasteiger partial charge in [0.15, 0.2) is 0 Å². The van der Waals surface area contributed by atoms with Crippen molar-refractivity contribution in [2.24, 2.45) is 0 Å². The summed E-state index contributed by atoms with van der Waals surface area (Å²) in [6, 6.07) is 27.2. The summed E-state index contributed by atoms with van der Waals surface area (Å²) in [5.41, 5.74) is 3.01. The molecule has 0 aliphatic carbocycles. The second-order valence-electron chi connectivity index (χ2n) is 4.77. The second-order valence-corrected chi connectivity index (χ2v) is 4.77. The first-order chi connectivity index (χ1) is 10.3. The van der Waals surface area contributed by atoms with Crippen LogP contribution in [0.3, 0.4) is 0 Å². The summed E-state index contributed by atoms with van der Waals surface area (Å²) < 4.78 is 5.50. The van der Waals surface area contributed by atoms with Crippen molar-refractivity contribution in [2.45, 2.75) is 0 Å². The lowest BCUT2D eigenvalue weighted by Gasteiger charge is -2.10. The largest absolute Gasteiger partial charge is 0.560 e. The van der Waals surface area contributed by atoms with Gasteiger partial charge in [0.2, 0.25) is 0 Å². The Morgan fingerprint density at radius 1 is 0.619 bits per heavy atom. The normalized spacial score (nSPS) is 10.1. The fraction of sp³-hybridized carbons (Fsp3) is 0. The topological polar surface area (TPSA) is 29.5 Å². The Morgan fingerprint density at radius 3 is 1.76 bits per heavy atom. The maximum atomic E-state index is 10.1. The molecule has 0 amide bonds. The fourth-order valence-corrected chi connectivity index (χ4v) is 2.17. The molecule has 0 radical (unpaired) electrons. The van der Waals surface area contributed by atoms with Crippen LogP contribution < -0.4 is 10.1 Å². The van der Waals surface area contributed by atoms with Crippen molar-refractivity contribution in [2.75, 3.05) is 0 Å². The van der Waals surface area contributed by atoms with Crippen LogP contribution in [0.25, 0.3) is 11.1 Å². The van der Waals surface area contributed by atoms with Crippen molar-refractivity contribution in [3.8, 4) is 16.9 Å². The highest BCUT2D eigenvalue weighted by atomic mass is 16.5. The van der Waals surface area contributed by atoms with Crippen LogP contribution in [0.15, 0.2) is 84.9 Å². The van der Waals surface area contributed by atoms with Crippen LogP contribution in [0.4, 0.5) is 0 Å². The van der Waals surface area contributed by atoms with Crippen molar-refractivity contribution < 1.29 is 9.68 Å². The third-order valence-electron chi connectivity index (χ3n) is 3.29. The number of rotatable bonds is 4. The summed E-state index contributed by atoms with van der Waals surface area (Å²) in [4.78, 5) is 0. The predicted molar refractivity (Wildman–Crippen MR) is 86.6 cm³/mol. The second kappa shape index (κ2) is 6.29. The van der Waals surface area contributed by atoms with E-state index in [1.54, 1.807) is 0 Å². The zero-order valence-corrected chi connectivity index (χ0v) is 11.5. The lowest BCUT2D eigenvalue weighted by Crippen LogP contribution is -2.36. The van der Waals surface area contributed by atoms with Gasteiger partial charge >= 0.3 is 7.12 Å². The molecule has 102 valence electrons. The zero-order valence-electron chi connectivity index (χ0n) is 11.5. The molecule has 0 heterocycles. The highest BCUT2D eigenvalue weighted by Gasteiger charge is 2.18. The summed E-state index contributed by atoms with van der Waals surface area (Å²) in [5.74, 6) is 0.650. The molecule has 0 saturated heterocycles. The van der Waals surface area contributed by atoms with E-state index in [0.29, 0.717) is 5.75 Å². The Balaban J connectivity index is 1.75. The van der Waals surface area contributed by atoms with Crippen molar-refractivity contribution in [1.82, 2.24) is 0 Å². The van der Waals surface area contributed by atoms with Gasteiger partial charge in [-0.3, -0.25) is 0 Å². The van der Waals surface area contributed by atoms with E-state index in [9.17, 15) is 5.02 Å². The summed E-state index contributed by atoms with van der Waals surface area (Å²) >= 11 is 0. The van der Waals surface area contributed by atoms with Gasteiger partial charge in [-0.1, -0.05) is 72.8 Å². The molecule has 0 saturated carbocycles. The van der Waals surface area contributed by atoms with E-state index in [0.717, 1.165) is 16.6 Å². The van der Waals surface area contributed by atoms with Crippen molar-refractivity contribution in [3.05, 3.63) is 84.9 Å². The molecule has 0 aliphatic heterocycles. The highest BCUT2D eigenvalue weighted by Crippen LogP contribution is 2.17. The van der Waals surface area contributed by atoms with Crippen molar-refractivity contribution in [3.63, 3.8) is 0 Å². The Labute approximate surface area is 124 Å². The van der Waals surface area contributed by atoms with Gasteiger partial charge in [-0.05, 0) is 28.7 Å². The number of hydrogen-bond donors (Lipinski definition) is 1. The molecule has 0 aromatic heterocycles. The van der Waals surface area contributed by atoms with Gasteiger partial charge in [0.05, 0.1) is 0 Å². The van der Waals surface area contributed by atoms with Gasteiger partial charge in [0.1, 0.15) is 5.75 Å². The van der Waals surface area contributed by atoms with Gasteiger partial charge < -0.3 is 9.68 Å². The van der Waals surface area contributed by atoms with E-state index in [-0.39, 0.29) is 0 Å². The van der Waals surface area contributed by atoms with Crippen LogP contribution in [-0.2, 0) is 0 Å². The number of benzene rings is 3. The average molecular weight is 274 g/mol. The van der Waals surface area contributed by atoms with Crippen LogP contribution in [0, 0.1) is 0 Å². The summed E-state index contributed by atoms with van der Waals surface area (Å²) in [7, 11) is -0.961. The molecule has 1 N–H and O–H groups in total. The molecule has 21 heavy (non-hydrogen) atoms. The van der Waals surface area contributed by atoms with Crippen LogP contribution in [0.2, 0.25) is 0 Å². The number of para-hydroxylation sites is 1. The molecule has 3 aromatic rings. The molecule has 0 atom stereocenters. The molecule has 0 unspecified atom stereocenters. The smallest absolute Gasteiger partial charge is 0.532 e. The first-order valence-electron chi connectivity index (χ1n) is 6.88. The SMILES string of the molecule is OB(Oc1ccccc1)c1ccc(-c2ccccc2)cc1. The molecule has 0 aliphatic rings. The first-order valence-corrected chi connectivity index (χ1v) is 6.88. The highest BCUT2D eigenvalue weighted by molar-refractivity contribution is 6.60. The van der Waals surface area contributed by atoms with Gasteiger partial charge in [0.25, 0.3) is 0 Å². The Kier molecular flexibility index (Phi) is 4.03. The van der Waals surface area contributed by atoms with Crippen LogP contribution in [0.1, 0.15) is 0 Å². The minimum absolute atomic E-state index is 0.650. The Bertz CT molecular complexity index is 681. The third-order valence-corrected chi connectivity index (χ3v) is 3.29. The number of hydrogen-bond acceptors (Lipinski definition) is 2. The van der Waals surface area contributed by atoms with E-state index >= 15 is 0 Å². The molecule has 3 heteroatoms. The molecule has 3 rings (SSSR count). The molecular weight excluding hydrogens is 259 g/mol. The molecule has 0 fully saturated rings. The first kappa shape index (κ1) is 13.5. The molecule has 0 spiro atoms. The van der Waals surface area contributed by atoms with Gasteiger partial charge in [-0.25, -0.2) is 0 Å². The fourth-order valence-electron chi connectivity index (χ4n) is 2.17. The summed E-state index contributed by atoms with van der Waals surface area (Å²) in [6.45, 7) is 0. The van der Waals surface area contributed by atoms with Crippen LogP contribution >= 0.6 is 0 Å². The maximum absolute atomic E-state index is 10.1. The van der Waals surface area contributed by atoms with E-state index in [4.69, 9.17) is 4.65 Å². The maximum Gasteiger partial charge on any atom is 0.560 e. The third kappa shape index (κ3) is 3.33. The van der Waals surface area contributed by atoms with Gasteiger partial charge in [0, 0.05) is 0 Å². The van der Waals surface area contributed by atoms with Crippen LogP contribution in [0.5, 0.6) is 5.75 Å². The van der Waals surface area contributed by atoms with Gasteiger partial charge in [-0.2, -0.15) is 0 Å². The lowest BCUT2D eigenvalue weighted by atomic mass is 9.79.